The predicted molar refractivity (Wildman–Crippen MR) is 85.7 cm³/mol. The highest BCUT2D eigenvalue weighted by Gasteiger charge is 1.95. The van der Waals surface area contributed by atoms with Gasteiger partial charge in [0.15, 0.2) is 0 Å². The van der Waals surface area contributed by atoms with Crippen LogP contribution in [0.25, 0.3) is 0 Å². The minimum atomic E-state index is 0.171. The average molecular weight is 304 g/mol. The van der Waals surface area contributed by atoms with Crippen molar-refractivity contribution in [3.63, 3.8) is 0 Å². The zero-order chi connectivity index (χ0) is 14.9. The van der Waals surface area contributed by atoms with E-state index in [-0.39, 0.29) is 6.61 Å². The van der Waals surface area contributed by atoms with Gasteiger partial charge < -0.3 is 10.4 Å². The Bertz CT molecular complexity index is 567. The van der Waals surface area contributed by atoms with Gasteiger partial charge in [-0.15, -0.1) is 0 Å². The maximum Gasteiger partial charge on any atom is 0.0858 e. The summed E-state index contributed by atoms with van der Waals surface area (Å²) < 4.78 is 0. The van der Waals surface area contributed by atoms with Gasteiger partial charge in [0.1, 0.15) is 0 Å². The highest BCUT2D eigenvalue weighted by Crippen LogP contribution is 2.20. The summed E-state index contributed by atoms with van der Waals surface area (Å²) in [6, 6.07) is 15.2. The van der Waals surface area contributed by atoms with Crippen LogP contribution in [0.2, 0.25) is 5.02 Å². The SMILES string of the molecule is OCCNCCc1ccc(N=Nc2ccc(Cl)cc2)cc1. The van der Waals surface area contributed by atoms with E-state index in [0.717, 1.165) is 24.3 Å². The number of benzene rings is 2. The number of hydrogen-bond donors (Lipinski definition) is 2. The van der Waals surface area contributed by atoms with Crippen molar-refractivity contribution in [1.29, 1.82) is 0 Å². The van der Waals surface area contributed by atoms with E-state index in [0.29, 0.717) is 11.6 Å². The summed E-state index contributed by atoms with van der Waals surface area (Å²) in [5, 5.41) is 20.9. The second kappa shape index (κ2) is 8.52. The predicted octanol–water partition coefficient (Wildman–Crippen LogP) is 3.88. The zero-order valence-corrected chi connectivity index (χ0v) is 12.4. The Kier molecular flexibility index (Phi) is 6.34. The normalized spacial score (nSPS) is 11.1. The number of rotatable bonds is 7. The smallest absolute Gasteiger partial charge is 0.0858 e. The number of hydrogen-bond acceptors (Lipinski definition) is 4. The lowest BCUT2D eigenvalue weighted by molar-refractivity contribution is 0.293. The molecule has 0 aliphatic carbocycles. The Morgan fingerprint density at radius 1 is 0.857 bits per heavy atom. The molecule has 0 radical (unpaired) electrons. The van der Waals surface area contributed by atoms with Crippen molar-refractivity contribution >= 4 is 23.0 Å². The molecule has 0 unspecified atom stereocenters. The number of nitrogens with one attached hydrogen (secondary N) is 1. The molecule has 0 fully saturated rings. The molecule has 2 rings (SSSR count). The molecule has 0 saturated heterocycles. The van der Waals surface area contributed by atoms with E-state index in [1.165, 1.54) is 5.56 Å². The number of aliphatic hydroxyl groups excluding tert-OH is 1. The summed E-state index contributed by atoms with van der Waals surface area (Å²) in [5.74, 6) is 0. The summed E-state index contributed by atoms with van der Waals surface area (Å²) in [5.41, 5.74) is 2.82. The number of aliphatic hydroxyl groups is 1. The van der Waals surface area contributed by atoms with Crippen LogP contribution in [0.4, 0.5) is 11.4 Å². The van der Waals surface area contributed by atoms with E-state index < -0.39 is 0 Å². The molecule has 0 aromatic heterocycles. The lowest BCUT2D eigenvalue weighted by atomic mass is 10.1. The number of nitrogens with zero attached hydrogens (tertiary/aromatic N) is 2. The molecule has 0 saturated carbocycles. The van der Waals surface area contributed by atoms with Gasteiger partial charge in [-0.05, 0) is 54.9 Å². The molecule has 4 nitrogen and oxygen atoms in total. The van der Waals surface area contributed by atoms with Crippen LogP contribution in [0, 0.1) is 0 Å². The zero-order valence-electron chi connectivity index (χ0n) is 11.7. The largest absolute Gasteiger partial charge is 0.395 e. The Morgan fingerprint density at radius 2 is 1.43 bits per heavy atom. The van der Waals surface area contributed by atoms with Crippen LogP contribution in [0.3, 0.4) is 0 Å². The van der Waals surface area contributed by atoms with Gasteiger partial charge in [-0.3, -0.25) is 0 Å². The van der Waals surface area contributed by atoms with E-state index in [9.17, 15) is 0 Å². The standard InChI is InChI=1S/C16H18ClN3O/c17-14-3-7-16(8-4-14)20-19-15-5-1-13(2-6-15)9-10-18-11-12-21/h1-8,18,21H,9-12H2. The van der Waals surface area contributed by atoms with Gasteiger partial charge in [0, 0.05) is 11.6 Å². The van der Waals surface area contributed by atoms with Gasteiger partial charge in [0.2, 0.25) is 0 Å². The monoisotopic (exact) mass is 303 g/mol. The van der Waals surface area contributed by atoms with Crippen molar-refractivity contribution in [1.82, 2.24) is 5.32 Å². The number of halogens is 1. The quantitative estimate of drug-likeness (QED) is 0.602. The Balaban J connectivity index is 1.88. The first-order chi connectivity index (χ1) is 10.3. The molecule has 2 aromatic carbocycles. The molecule has 110 valence electrons. The Hall–Kier alpha value is -1.75. The molecular formula is C16H18ClN3O. The van der Waals surface area contributed by atoms with Crippen LogP contribution in [0.1, 0.15) is 5.56 Å². The summed E-state index contributed by atoms with van der Waals surface area (Å²) >= 11 is 5.82. The maximum atomic E-state index is 8.68. The van der Waals surface area contributed by atoms with E-state index in [2.05, 4.69) is 15.5 Å². The van der Waals surface area contributed by atoms with Crippen molar-refractivity contribution < 1.29 is 5.11 Å². The fourth-order valence-electron chi connectivity index (χ4n) is 1.79. The average Bonchev–Trinajstić information content (AvgIpc) is 2.52. The molecule has 0 amide bonds. The fraction of sp³-hybridized carbons (Fsp3) is 0.250. The molecule has 0 aliphatic rings. The van der Waals surface area contributed by atoms with Crippen molar-refractivity contribution in [2.24, 2.45) is 10.2 Å². The van der Waals surface area contributed by atoms with Gasteiger partial charge in [-0.1, -0.05) is 23.7 Å². The molecule has 0 aliphatic heterocycles. The Labute approximate surface area is 129 Å². The van der Waals surface area contributed by atoms with Crippen LogP contribution in [0.15, 0.2) is 58.8 Å². The molecule has 0 bridgehead atoms. The van der Waals surface area contributed by atoms with E-state index >= 15 is 0 Å². The summed E-state index contributed by atoms with van der Waals surface area (Å²) in [6.07, 6.45) is 0.925. The molecule has 2 aromatic rings. The molecular weight excluding hydrogens is 286 g/mol. The van der Waals surface area contributed by atoms with Crippen LogP contribution in [-0.4, -0.2) is 24.8 Å². The molecule has 21 heavy (non-hydrogen) atoms. The third-order valence-electron chi connectivity index (χ3n) is 2.92. The fourth-order valence-corrected chi connectivity index (χ4v) is 1.92. The van der Waals surface area contributed by atoms with Crippen molar-refractivity contribution in [2.45, 2.75) is 6.42 Å². The van der Waals surface area contributed by atoms with Gasteiger partial charge in [0.05, 0.1) is 18.0 Å². The molecule has 5 heteroatoms. The minimum Gasteiger partial charge on any atom is -0.395 e. The molecule has 0 spiro atoms. The Morgan fingerprint density at radius 3 is 2.00 bits per heavy atom. The summed E-state index contributed by atoms with van der Waals surface area (Å²) in [4.78, 5) is 0. The highest BCUT2D eigenvalue weighted by atomic mass is 35.5. The van der Waals surface area contributed by atoms with Gasteiger partial charge in [-0.25, -0.2) is 0 Å². The van der Waals surface area contributed by atoms with Crippen molar-refractivity contribution in [3.8, 4) is 0 Å². The maximum absolute atomic E-state index is 8.68. The van der Waals surface area contributed by atoms with Crippen molar-refractivity contribution in [2.75, 3.05) is 19.7 Å². The highest BCUT2D eigenvalue weighted by molar-refractivity contribution is 6.30. The van der Waals surface area contributed by atoms with E-state index in [1.54, 1.807) is 12.1 Å². The minimum absolute atomic E-state index is 0.171. The third-order valence-corrected chi connectivity index (χ3v) is 3.17. The first-order valence-electron chi connectivity index (χ1n) is 6.86. The summed E-state index contributed by atoms with van der Waals surface area (Å²) in [6.45, 7) is 1.66. The lowest BCUT2D eigenvalue weighted by Gasteiger charge is -2.03. The second-order valence-corrected chi connectivity index (χ2v) is 5.00. The van der Waals surface area contributed by atoms with Crippen LogP contribution >= 0.6 is 11.6 Å². The second-order valence-electron chi connectivity index (χ2n) is 4.57. The lowest BCUT2D eigenvalue weighted by Crippen LogP contribution is -2.20. The summed E-state index contributed by atoms with van der Waals surface area (Å²) in [7, 11) is 0. The topological polar surface area (TPSA) is 57.0 Å². The third kappa shape index (κ3) is 5.63. The van der Waals surface area contributed by atoms with Crippen LogP contribution in [0.5, 0.6) is 0 Å². The van der Waals surface area contributed by atoms with Crippen LogP contribution < -0.4 is 5.32 Å². The van der Waals surface area contributed by atoms with Gasteiger partial charge in [0.25, 0.3) is 0 Å². The molecule has 2 N–H and O–H groups in total. The molecule has 0 atom stereocenters. The molecule has 0 heterocycles. The van der Waals surface area contributed by atoms with Crippen molar-refractivity contribution in [3.05, 3.63) is 59.1 Å². The number of azo groups is 1. The van der Waals surface area contributed by atoms with Gasteiger partial charge in [-0.2, -0.15) is 10.2 Å². The first-order valence-corrected chi connectivity index (χ1v) is 7.23. The first kappa shape index (κ1) is 15.6. The van der Waals surface area contributed by atoms with E-state index in [4.69, 9.17) is 16.7 Å². The van der Waals surface area contributed by atoms with E-state index in [1.807, 2.05) is 36.4 Å². The van der Waals surface area contributed by atoms with Gasteiger partial charge >= 0.3 is 0 Å². The van der Waals surface area contributed by atoms with Crippen LogP contribution in [-0.2, 0) is 6.42 Å².